The molecule has 1 aliphatic heterocycles. The Kier molecular flexibility index (Phi) is 3.05. The second kappa shape index (κ2) is 4.49. The van der Waals surface area contributed by atoms with Crippen molar-refractivity contribution in [2.24, 2.45) is 0 Å². The van der Waals surface area contributed by atoms with Gasteiger partial charge in [0.25, 0.3) is 5.69 Å². The molecule has 0 aromatic heterocycles. The second-order valence-electron chi connectivity index (χ2n) is 3.83. The lowest BCUT2D eigenvalue weighted by Crippen LogP contribution is -2.13. The Labute approximate surface area is 93.6 Å². The molecule has 1 atom stereocenters. The van der Waals surface area contributed by atoms with Crippen molar-refractivity contribution in [3.8, 4) is 5.75 Å². The van der Waals surface area contributed by atoms with E-state index in [1.54, 1.807) is 6.07 Å². The summed E-state index contributed by atoms with van der Waals surface area (Å²) in [6.45, 7) is 0.991. The zero-order chi connectivity index (χ0) is 11.5. The number of nitro groups is 1. The summed E-state index contributed by atoms with van der Waals surface area (Å²) in [6.07, 6.45) is 2.18. The van der Waals surface area contributed by atoms with Crippen LogP contribution in [0.2, 0.25) is 0 Å². The summed E-state index contributed by atoms with van der Waals surface area (Å²) in [5.41, 5.74) is 1.07. The van der Waals surface area contributed by atoms with Gasteiger partial charge in [-0.3, -0.25) is 10.1 Å². The van der Waals surface area contributed by atoms with Gasteiger partial charge in [-0.05, 0) is 25.5 Å². The highest BCUT2D eigenvalue weighted by molar-refractivity contribution is 5.46. The van der Waals surface area contributed by atoms with Gasteiger partial charge in [-0.1, -0.05) is 0 Å². The number of non-ortho nitro benzene ring substituents is 1. The topological polar surface area (TPSA) is 64.4 Å². The molecule has 1 aliphatic rings. The van der Waals surface area contributed by atoms with Gasteiger partial charge in [-0.15, -0.1) is 0 Å². The third-order valence-corrected chi connectivity index (χ3v) is 2.86. The average molecular weight is 222 g/mol. The molecule has 86 valence electrons. The molecule has 5 heteroatoms. The van der Waals surface area contributed by atoms with E-state index < -0.39 is 4.92 Å². The predicted octanol–water partition coefficient (Wildman–Crippen LogP) is 2.03. The van der Waals surface area contributed by atoms with Crippen molar-refractivity contribution in [1.29, 1.82) is 0 Å². The van der Waals surface area contributed by atoms with Crippen LogP contribution in [0.1, 0.15) is 24.4 Å². The minimum atomic E-state index is -0.408. The molecule has 1 fully saturated rings. The average Bonchev–Trinajstić information content (AvgIpc) is 2.81. The van der Waals surface area contributed by atoms with Gasteiger partial charge in [0, 0.05) is 17.7 Å². The Balaban J connectivity index is 2.34. The molecule has 1 saturated heterocycles. The second-order valence-corrected chi connectivity index (χ2v) is 3.83. The van der Waals surface area contributed by atoms with Crippen LogP contribution in [-0.4, -0.2) is 18.6 Å². The van der Waals surface area contributed by atoms with Crippen molar-refractivity contribution >= 4 is 5.69 Å². The van der Waals surface area contributed by atoms with Crippen LogP contribution >= 0.6 is 0 Å². The van der Waals surface area contributed by atoms with Crippen LogP contribution in [-0.2, 0) is 0 Å². The lowest BCUT2D eigenvalue weighted by Gasteiger charge is -2.14. The number of benzene rings is 1. The molecule has 5 nitrogen and oxygen atoms in total. The van der Waals surface area contributed by atoms with E-state index in [1.807, 2.05) is 0 Å². The third kappa shape index (κ3) is 1.99. The van der Waals surface area contributed by atoms with Crippen molar-refractivity contribution in [1.82, 2.24) is 5.32 Å². The van der Waals surface area contributed by atoms with E-state index in [0.717, 1.165) is 24.9 Å². The lowest BCUT2D eigenvalue weighted by molar-refractivity contribution is -0.384. The van der Waals surface area contributed by atoms with Gasteiger partial charge in [-0.25, -0.2) is 0 Å². The predicted molar refractivity (Wildman–Crippen MR) is 59.6 cm³/mol. The zero-order valence-corrected chi connectivity index (χ0v) is 9.10. The number of rotatable bonds is 3. The molecule has 1 unspecified atom stereocenters. The quantitative estimate of drug-likeness (QED) is 0.627. The lowest BCUT2D eigenvalue weighted by atomic mass is 10.0. The van der Waals surface area contributed by atoms with Gasteiger partial charge in [-0.2, -0.15) is 0 Å². The first-order chi connectivity index (χ1) is 7.72. The maximum atomic E-state index is 10.6. The first-order valence-electron chi connectivity index (χ1n) is 5.28. The highest BCUT2D eigenvalue weighted by atomic mass is 16.6. The Morgan fingerprint density at radius 1 is 1.56 bits per heavy atom. The highest BCUT2D eigenvalue weighted by Gasteiger charge is 2.21. The molecule has 1 heterocycles. The zero-order valence-electron chi connectivity index (χ0n) is 9.10. The van der Waals surface area contributed by atoms with Gasteiger partial charge in [0.2, 0.25) is 0 Å². The Morgan fingerprint density at radius 2 is 2.38 bits per heavy atom. The SMILES string of the molecule is COc1cc([N+](=O)[O-])ccc1C1CCCN1. The van der Waals surface area contributed by atoms with Crippen molar-refractivity contribution in [2.45, 2.75) is 18.9 Å². The minimum Gasteiger partial charge on any atom is -0.496 e. The van der Waals surface area contributed by atoms with Gasteiger partial charge >= 0.3 is 0 Å². The number of hydrogen-bond acceptors (Lipinski definition) is 4. The normalized spacial score (nSPS) is 19.7. The highest BCUT2D eigenvalue weighted by Crippen LogP contribution is 2.33. The van der Waals surface area contributed by atoms with Crippen LogP contribution in [0.25, 0.3) is 0 Å². The standard InChI is InChI=1S/C11H14N2O3/c1-16-11-7-8(13(14)15)4-5-9(11)10-3-2-6-12-10/h4-5,7,10,12H,2-3,6H2,1H3. The summed E-state index contributed by atoms with van der Waals surface area (Å²) in [6, 6.07) is 5.04. The van der Waals surface area contributed by atoms with Crippen molar-refractivity contribution in [2.75, 3.05) is 13.7 Å². The first kappa shape index (κ1) is 10.9. The summed E-state index contributed by atoms with van der Waals surface area (Å²) in [4.78, 5) is 10.2. The Hall–Kier alpha value is -1.62. The molecule has 0 spiro atoms. The fraction of sp³-hybridized carbons (Fsp3) is 0.455. The molecule has 2 rings (SSSR count). The van der Waals surface area contributed by atoms with E-state index in [0.29, 0.717) is 5.75 Å². The van der Waals surface area contributed by atoms with Gasteiger partial charge in [0.05, 0.1) is 18.1 Å². The van der Waals surface area contributed by atoms with Gasteiger partial charge < -0.3 is 10.1 Å². The van der Waals surface area contributed by atoms with Crippen LogP contribution < -0.4 is 10.1 Å². The van der Waals surface area contributed by atoms with Crippen LogP contribution in [0.4, 0.5) is 5.69 Å². The smallest absolute Gasteiger partial charge is 0.273 e. The number of ether oxygens (including phenoxy) is 1. The first-order valence-corrected chi connectivity index (χ1v) is 5.28. The van der Waals surface area contributed by atoms with Crippen LogP contribution in [0.5, 0.6) is 5.75 Å². The molecule has 0 radical (unpaired) electrons. The fourth-order valence-corrected chi connectivity index (χ4v) is 2.05. The number of methoxy groups -OCH3 is 1. The number of nitrogens with zero attached hydrogens (tertiary/aromatic N) is 1. The Bertz CT molecular complexity index is 400. The molecular formula is C11H14N2O3. The largest absolute Gasteiger partial charge is 0.496 e. The molecule has 16 heavy (non-hydrogen) atoms. The van der Waals surface area contributed by atoms with E-state index in [-0.39, 0.29) is 11.7 Å². The monoisotopic (exact) mass is 222 g/mol. The molecule has 1 aromatic rings. The van der Waals surface area contributed by atoms with Crippen molar-refractivity contribution in [3.63, 3.8) is 0 Å². The summed E-state index contributed by atoms with van der Waals surface area (Å²) < 4.78 is 5.20. The molecule has 0 bridgehead atoms. The molecule has 0 amide bonds. The molecule has 1 aromatic carbocycles. The van der Waals surface area contributed by atoms with Crippen LogP contribution in [0.15, 0.2) is 18.2 Å². The van der Waals surface area contributed by atoms with Crippen molar-refractivity contribution < 1.29 is 9.66 Å². The number of nitrogens with one attached hydrogen (secondary N) is 1. The van der Waals surface area contributed by atoms with E-state index >= 15 is 0 Å². The fourth-order valence-electron chi connectivity index (χ4n) is 2.05. The maximum Gasteiger partial charge on any atom is 0.273 e. The molecule has 1 N–H and O–H groups in total. The van der Waals surface area contributed by atoms with Gasteiger partial charge in [0.1, 0.15) is 5.75 Å². The summed E-state index contributed by atoms with van der Waals surface area (Å²) in [5, 5.41) is 14.0. The molecule has 0 aliphatic carbocycles. The molecule has 0 saturated carbocycles. The van der Waals surface area contributed by atoms with E-state index in [1.165, 1.54) is 19.2 Å². The van der Waals surface area contributed by atoms with Crippen LogP contribution in [0, 0.1) is 10.1 Å². The Morgan fingerprint density at radius 3 is 2.94 bits per heavy atom. The maximum absolute atomic E-state index is 10.6. The van der Waals surface area contributed by atoms with E-state index in [2.05, 4.69) is 5.32 Å². The van der Waals surface area contributed by atoms with Crippen LogP contribution in [0.3, 0.4) is 0 Å². The summed E-state index contributed by atoms with van der Waals surface area (Å²) in [5.74, 6) is 0.591. The van der Waals surface area contributed by atoms with E-state index in [9.17, 15) is 10.1 Å². The number of nitro benzene ring substituents is 1. The molecular weight excluding hydrogens is 208 g/mol. The number of hydrogen-bond donors (Lipinski definition) is 1. The summed E-state index contributed by atoms with van der Waals surface area (Å²) in [7, 11) is 1.54. The van der Waals surface area contributed by atoms with E-state index in [4.69, 9.17) is 4.74 Å². The minimum absolute atomic E-state index is 0.0681. The van der Waals surface area contributed by atoms with Gasteiger partial charge in [0.15, 0.2) is 0 Å². The third-order valence-electron chi connectivity index (χ3n) is 2.86. The van der Waals surface area contributed by atoms with Crippen molar-refractivity contribution in [3.05, 3.63) is 33.9 Å². The summed E-state index contributed by atoms with van der Waals surface area (Å²) >= 11 is 0.